The van der Waals surface area contributed by atoms with Gasteiger partial charge in [0.05, 0.1) is 6.61 Å². The van der Waals surface area contributed by atoms with Gasteiger partial charge in [-0.3, -0.25) is 9.59 Å². The Kier molecular flexibility index (Phi) is 8.49. The lowest BCUT2D eigenvalue weighted by Gasteiger charge is -2.09. The summed E-state index contributed by atoms with van der Waals surface area (Å²) in [6, 6.07) is 7.09. The maximum atomic E-state index is 11.6. The highest BCUT2D eigenvalue weighted by molar-refractivity contribution is 5.78. The van der Waals surface area contributed by atoms with Crippen molar-refractivity contribution in [3.8, 4) is 11.5 Å². The standard InChI is InChI=1S/C16H24N2O4/c1-3-5-15(19)17-10-11-18-16(20)12-22-14-8-6-13(7-9-14)21-4-2/h6-9H,3-5,10-12H2,1-2H3,(H,17,19)(H,18,20). The van der Waals surface area contributed by atoms with E-state index >= 15 is 0 Å². The first-order valence-corrected chi connectivity index (χ1v) is 7.54. The molecule has 0 saturated heterocycles. The molecule has 1 rings (SSSR count). The molecule has 0 aliphatic heterocycles. The first-order chi connectivity index (χ1) is 10.7. The molecule has 122 valence electrons. The Morgan fingerprint density at radius 1 is 0.909 bits per heavy atom. The molecule has 0 aromatic heterocycles. The van der Waals surface area contributed by atoms with Gasteiger partial charge in [-0.1, -0.05) is 6.92 Å². The van der Waals surface area contributed by atoms with Crippen molar-refractivity contribution in [3.05, 3.63) is 24.3 Å². The van der Waals surface area contributed by atoms with Crippen LogP contribution in [0.25, 0.3) is 0 Å². The van der Waals surface area contributed by atoms with Gasteiger partial charge >= 0.3 is 0 Å². The van der Waals surface area contributed by atoms with Crippen LogP contribution < -0.4 is 20.1 Å². The van der Waals surface area contributed by atoms with Gasteiger partial charge in [-0.2, -0.15) is 0 Å². The summed E-state index contributed by atoms with van der Waals surface area (Å²) in [6.45, 7) is 5.22. The molecule has 0 bridgehead atoms. The monoisotopic (exact) mass is 308 g/mol. The van der Waals surface area contributed by atoms with E-state index in [0.29, 0.717) is 31.9 Å². The zero-order chi connectivity index (χ0) is 16.2. The first kappa shape index (κ1) is 17.8. The summed E-state index contributed by atoms with van der Waals surface area (Å²) in [5.74, 6) is 1.15. The Hall–Kier alpha value is -2.24. The average molecular weight is 308 g/mol. The first-order valence-electron chi connectivity index (χ1n) is 7.54. The molecular weight excluding hydrogens is 284 g/mol. The van der Waals surface area contributed by atoms with Gasteiger partial charge in [0.15, 0.2) is 6.61 Å². The van der Waals surface area contributed by atoms with Crippen molar-refractivity contribution >= 4 is 11.8 Å². The maximum Gasteiger partial charge on any atom is 0.258 e. The van der Waals surface area contributed by atoms with Gasteiger partial charge in [-0.25, -0.2) is 0 Å². The highest BCUT2D eigenvalue weighted by Crippen LogP contribution is 2.17. The summed E-state index contributed by atoms with van der Waals surface area (Å²) in [5, 5.41) is 5.40. The molecule has 22 heavy (non-hydrogen) atoms. The minimum absolute atomic E-state index is 0.00221. The molecule has 0 heterocycles. The average Bonchev–Trinajstić information content (AvgIpc) is 2.51. The Morgan fingerprint density at radius 3 is 2.00 bits per heavy atom. The van der Waals surface area contributed by atoms with Crippen LogP contribution in [0, 0.1) is 0 Å². The van der Waals surface area contributed by atoms with Crippen molar-refractivity contribution in [2.24, 2.45) is 0 Å². The van der Waals surface area contributed by atoms with Crippen LogP contribution in [0.4, 0.5) is 0 Å². The molecular formula is C16H24N2O4. The fourth-order valence-corrected chi connectivity index (χ4v) is 1.72. The molecule has 2 N–H and O–H groups in total. The normalized spacial score (nSPS) is 9.91. The smallest absolute Gasteiger partial charge is 0.258 e. The van der Waals surface area contributed by atoms with Crippen LogP contribution in [0.1, 0.15) is 26.7 Å². The lowest BCUT2D eigenvalue weighted by Crippen LogP contribution is -2.36. The molecule has 1 aromatic rings. The van der Waals surface area contributed by atoms with Gasteiger partial charge in [0, 0.05) is 19.5 Å². The third-order valence-electron chi connectivity index (χ3n) is 2.75. The SMILES string of the molecule is CCCC(=O)NCCNC(=O)COc1ccc(OCC)cc1. The van der Waals surface area contributed by atoms with E-state index in [9.17, 15) is 9.59 Å². The zero-order valence-corrected chi connectivity index (χ0v) is 13.2. The highest BCUT2D eigenvalue weighted by Gasteiger charge is 2.03. The molecule has 6 heteroatoms. The van der Waals surface area contributed by atoms with Crippen LogP contribution >= 0.6 is 0 Å². The largest absolute Gasteiger partial charge is 0.494 e. The molecule has 0 saturated carbocycles. The minimum atomic E-state index is -0.223. The Labute approximate surface area is 131 Å². The number of carbonyl (C=O) groups excluding carboxylic acids is 2. The van der Waals surface area contributed by atoms with Crippen LogP contribution in [0.15, 0.2) is 24.3 Å². The molecule has 0 fully saturated rings. The van der Waals surface area contributed by atoms with Crippen molar-refractivity contribution in [1.29, 1.82) is 0 Å². The molecule has 1 aromatic carbocycles. The molecule has 0 aliphatic carbocycles. The summed E-state index contributed by atoms with van der Waals surface area (Å²) >= 11 is 0. The number of carbonyl (C=O) groups is 2. The number of ether oxygens (including phenoxy) is 2. The van der Waals surface area contributed by atoms with Gasteiger partial charge in [-0.05, 0) is 37.6 Å². The fraction of sp³-hybridized carbons (Fsp3) is 0.500. The Morgan fingerprint density at radius 2 is 1.45 bits per heavy atom. The second kappa shape index (κ2) is 10.5. The van der Waals surface area contributed by atoms with E-state index in [4.69, 9.17) is 9.47 Å². The minimum Gasteiger partial charge on any atom is -0.494 e. The van der Waals surface area contributed by atoms with Crippen molar-refractivity contribution < 1.29 is 19.1 Å². The molecule has 0 atom stereocenters. The summed E-state index contributed by atoms with van der Waals surface area (Å²) in [7, 11) is 0. The van der Waals surface area contributed by atoms with Gasteiger partial charge in [-0.15, -0.1) is 0 Å². The van der Waals surface area contributed by atoms with Crippen molar-refractivity contribution in [2.45, 2.75) is 26.7 Å². The van der Waals surface area contributed by atoms with Crippen LogP contribution in [-0.2, 0) is 9.59 Å². The van der Waals surface area contributed by atoms with Gasteiger partial charge in [0.25, 0.3) is 5.91 Å². The number of benzene rings is 1. The van der Waals surface area contributed by atoms with Crippen LogP contribution in [0.2, 0.25) is 0 Å². The van der Waals surface area contributed by atoms with E-state index in [-0.39, 0.29) is 18.4 Å². The number of hydrogen-bond acceptors (Lipinski definition) is 4. The molecule has 0 spiro atoms. The van der Waals surface area contributed by atoms with Crippen LogP contribution in [-0.4, -0.2) is 38.1 Å². The third kappa shape index (κ3) is 7.52. The fourth-order valence-electron chi connectivity index (χ4n) is 1.72. The van der Waals surface area contributed by atoms with Crippen molar-refractivity contribution in [1.82, 2.24) is 10.6 Å². The highest BCUT2D eigenvalue weighted by atomic mass is 16.5. The molecule has 0 radical (unpaired) electrons. The predicted molar refractivity (Wildman–Crippen MR) is 84.0 cm³/mol. The topological polar surface area (TPSA) is 76.7 Å². The number of nitrogens with one attached hydrogen (secondary N) is 2. The summed E-state index contributed by atoms with van der Waals surface area (Å²) < 4.78 is 10.7. The molecule has 6 nitrogen and oxygen atoms in total. The van der Waals surface area contributed by atoms with E-state index in [1.54, 1.807) is 24.3 Å². The molecule has 0 aliphatic rings. The lowest BCUT2D eigenvalue weighted by molar-refractivity contribution is -0.124. The van der Waals surface area contributed by atoms with Gasteiger partial charge in [0.1, 0.15) is 11.5 Å². The molecule has 0 unspecified atom stereocenters. The van der Waals surface area contributed by atoms with Crippen molar-refractivity contribution in [2.75, 3.05) is 26.3 Å². The number of rotatable bonds is 10. The zero-order valence-electron chi connectivity index (χ0n) is 13.2. The van der Waals surface area contributed by atoms with Crippen molar-refractivity contribution in [3.63, 3.8) is 0 Å². The third-order valence-corrected chi connectivity index (χ3v) is 2.75. The van der Waals surface area contributed by atoms with E-state index in [1.165, 1.54) is 0 Å². The quantitative estimate of drug-likeness (QED) is 0.642. The van der Waals surface area contributed by atoms with Crippen LogP contribution in [0.3, 0.4) is 0 Å². The summed E-state index contributed by atoms with van der Waals surface area (Å²) in [6.07, 6.45) is 1.32. The second-order valence-electron chi connectivity index (χ2n) is 4.64. The predicted octanol–water partition coefficient (Wildman–Crippen LogP) is 1.50. The Balaban J connectivity index is 2.16. The maximum absolute atomic E-state index is 11.6. The van der Waals surface area contributed by atoms with Crippen LogP contribution in [0.5, 0.6) is 11.5 Å². The van der Waals surface area contributed by atoms with E-state index in [2.05, 4.69) is 10.6 Å². The van der Waals surface area contributed by atoms with E-state index < -0.39 is 0 Å². The summed E-state index contributed by atoms with van der Waals surface area (Å²) in [4.78, 5) is 22.8. The Bertz CT molecular complexity index is 460. The van der Waals surface area contributed by atoms with E-state index in [1.807, 2.05) is 13.8 Å². The lowest BCUT2D eigenvalue weighted by atomic mass is 10.3. The van der Waals surface area contributed by atoms with E-state index in [0.717, 1.165) is 12.2 Å². The number of amides is 2. The van der Waals surface area contributed by atoms with Gasteiger partial charge < -0.3 is 20.1 Å². The molecule has 2 amide bonds. The van der Waals surface area contributed by atoms with Gasteiger partial charge in [0.2, 0.25) is 5.91 Å². The summed E-state index contributed by atoms with van der Waals surface area (Å²) in [5.41, 5.74) is 0. The second-order valence-corrected chi connectivity index (χ2v) is 4.64. The number of hydrogen-bond donors (Lipinski definition) is 2.